The fourth-order valence-corrected chi connectivity index (χ4v) is 4.25. The van der Waals surface area contributed by atoms with Crippen LogP contribution in [0.2, 0.25) is 0 Å². The number of carbonyl (C=O) groups is 2. The number of amides is 2. The van der Waals surface area contributed by atoms with Crippen molar-refractivity contribution in [3.8, 4) is 0 Å². The molecular weight excluding hydrogens is 479 g/mol. The van der Waals surface area contributed by atoms with E-state index in [0.717, 1.165) is 23.6 Å². The molecule has 0 saturated heterocycles. The molecule has 13 heteroatoms. The molecule has 2 aromatic heterocycles. The second-order valence-electron chi connectivity index (χ2n) is 8.63. The van der Waals surface area contributed by atoms with Crippen LogP contribution in [0, 0.1) is 11.7 Å². The summed E-state index contributed by atoms with van der Waals surface area (Å²) in [4.78, 5) is 27.6. The molecule has 2 amide bonds. The molecular formula is C23H26F3N7O3. The third kappa shape index (κ3) is 5.44. The molecule has 1 saturated carbocycles. The fraction of sp³-hybridized carbons (Fsp3) is 0.391. The number of hydrogen-bond donors (Lipinski definition) is 5. The second kappa shape index (κ2) is 10.3. The number of nitrogens with two attached hydrogens (primary N) is 1. The Labute approximate surface area is 204 Å². The minimum atomic E-state index is -2.60. The van der Waals surface area contributed by atoms with Gasteiger partial charge in [0.1, 0.15) is 12.4 Å². The van der Waals surface area contributed by atoms with E-state index in [4.69, 9.17) is 5.73 Å². The lowest BCUT2D eigenvalue weighted by atomic mass is 10.0. The number of alkyl halides is 2. The summed E-state index contributed by atoms with van der Waals surface area (Å²) in [5.74, 6) is -1.84. The number of benzene rings is 1. The summed E-state index contributed by atoms with van der Waals surface area (Å²) < 4.78 is 42.0. The van der Waals surface area contributed by atoms with Gasteiger partial charge in [-0.15, -0.1) is 0 Å². The van der Waals surface area contributed by atoms with Crippen molar-refractivity contribution in [3.05, 3.63) is 41.8 Å². The number of halogens is 3. The highest BCUT2D eigenvalue weighted by molar-refractivity contribution is 6.00. The van der Waals surface area contributed by atoms with Crippen molar-refractivity contribution < 1.29 is 27.9 Å². The summed E-state index contributed by atoms with van der Waals surface area (Å²) >= 11 is 0. The van der Waals surface area contributed by atoms with Crippen LogP contribution in [0.3, 0.4) is 0 Å². The first-order valence-corrected chi connectivity index (χ1v) is 11.4. The summed E-state index contributed by atoms with van der Waals surface area (Å²) in [6.45, 7) is 1.23. The van der Waals surface area contributed by atoms with Crippen molar-refractivity contribution in [2.75, 3.05) is 10.6 Å². The van der Waals surface area contributed by atoms with Crippen LogP contribution in [0.1, 0.15) is 36.5 Å². The summed E-state index contributed by atoms with van der Waals surface area (Å²) in [7, 11) is 0. The van der Waals surface area contributed by atoms with Gasteiger partial charge in [-0.3, -0.25) is 9.48 Å². The Kier molecular flexibility index (Phi) is 7.17. The zero-order valence-corrected chi connectivity index (χ0v) is 19.3. The molecule has 0 radical (unpaired) electrons. The molecule has 2 heterocycles. The molecule has 1 aliphatic carbocycles. The number of anilines is 3. The Morgan fingerprint density at radius 2 is 2.03 bits per heavy atom. The van der Waals surface area contributed by atoms with E-state index in [-0.39, 0.29) is 23.1 Å². The van der Waals surface area contributed by atoms with E-state index in [2.05, 4.69) is 26.0 Å². The summed E-state index contributed by atoms with van der Waals surface area (Å²) in [6.07, 6.45) is -0.204. The number of fused-ring (bicyclic) bond motifs is 1. The number of carbonyl (C=O) groups excluding carboxylic acids is 1. The Morgan fingerprint density at radius 3 is 2.64 bits per heavy atom. The van der Waals surface area contributed by atoms with Crippen LogP contribution in [-0.2, 0) is 6.54 Å². The molecule has 0 spiro atoms. The predicted octanol–water partition coefficient (Wildman–Crippen LogP) is 3.91. The van der Waals surface area contributed by atoms with Gasteiger partial charge in [0, 0.05) is 5.39 Å². The highest BCUT2D eigenvalue weighted by Gasteiger charge is 2.37. The number of hydrogen-bond acceptors (Lipinski definition) is 6. The molecule has 36 heavy (non-hydrogen) atoms. The Morgan fingerprint density at radius 1 is 1.28 bits per heavy atom. The smallest absolute Gasteiger partial charge is 0.404 e. The minimum absolute atomic E-state index is 0.0469. The summed E-state index contributed by atoms with van der Waals surface area (Å²) in [6, 6.07) is 4.92. The molecule has 4 rings (SSSR count). The van der Waals surface area contributed by atoms with Crippen molar-refractivity contribution in [2.45, 2.75) is 51.2 Å². The van der Waals surface area contributed by atoms with Crippen molar-refractivity contribution in [1.29, 1.82) is 0 Å². The van der Waals surface area contributed by atoms with Crippen molar-refractivity contribution in [3.63, 3.8) is 0 Å². The Hall–Kier alpha value is -4.03. The number of primary amides is 1. The molecule has 1 aromatic carbocycles. The molecule has 3 aromatic rings. The van der Waals surface area contributed by atoms with Gasteiger partial charge in [0.15, 0.2) is 11.6 Å². The van der Waals surface area contributed by atoms with Crippen LogP contribution in [0.5, 0.6) is 0 Å². The number of rotatable bonds is 11. The monoisotopic (exact) mass is 505 g/mol. The molecule has 1 aliphatic rings. The van der Waals surface area contributed by atoms with Gasteiger partial charge in [-0.1, -0.05) is 13.0 Å². The number of carboxylic acid groups (broad SMARTS) is 1. The standard InChI is InChI=1S/C23H26F3N7O3/c1-2-15(30-23(35)36)19(11-6-7-11)31-22-14(24)8-12(20(27)34)21(32-22)29-16-4-3-5-17-13(16)9-28-33(17)10-18(25)26/h3-5,8-9,11,15,18-19,30H,2,6-7,10H2,1H3,(H2,27,34)(H,35,36)(H2,29,31,32)/t15-,19+/m0/s1. The van der Waals surface area contributed by atoms with E-state index in [9.17, 15) is 27.9 Å². The summed E-state index contributed by atoms with van der Waals surface area (Å²) in [5.41, 5.74) is 6.08. The lowest BCUT2D eigenvalue weighted by Crippen LogP contribution is -2.47. The maximum absolute atomic E-state index is 15.0. The molecule has 2 atom stereocenters. The first-order chi connectivity index (χ1) is 17.2. The molecule has 192 valence electrons. The van der Waals surface area contributed by atoms with E-state index < -0.39 is 42.9 Å². The fourth-order valence-electron chi connectivity index (χ4n) is 4.25. The van der Waals surface area contributed by atoms with Gasteiger partial charge >= 0.3 is 6.09 Å². The number of nitrogens with zero attached hydrogens (tertiary/aromatic N) is 3. The van der Waals surface area contributed by atoms with Crippen molar-refractivity contribution in [2.24, 2.45) is 11.7 Å². The second-order valence-corrected chi connectivity index (χ2v) is 8.63. The maximum Gasteiger partial charge on any atom is 0.404 e. The Bertz CT molecular complexity index is 1280. The van der Waals surface area contributed by atoms with Crippen molar-refractivity contribution in [1.82, 2.24) is 20.1 Å². The average Bonchev–Trinajstić information content (AvgIpc) is 3.58. The van der Waals surface area contributed by atoms with E-state index in [1.807, 2.05) is 6.92 Å². The third-order valence-corrected chi connectivity index (χ3v) is 6.11. The van der Waals surface area contributed by atoms with E-state index in [0.29, 0.717) is 23.0 Å². The lowest BCUT2D eigenvalue weighted by molar-refractivity contribution is 0.1000. The predicted molar refractivity (Wildman–Crippen MR) is 127 cm³/mol. The van der Waals surface area contributed by atoms with Gasteiger partial charge < -0.3 is 26.8 Å². The number of pyridine rings is 1. The van der Waals surface area contributed by atoms with Gasteiger partial charge in [-0.05, 0) is 43.4 Å². The molecule has 6 N–H and O–H groups in total. The van der Waals surface area contributed by atoms with Gasteiger partial charge in [0.25, 0.3) is 12.3 Å². The average molecular weight is 506 g/mol. The van der Waals surface area contributed by atoms with Gasteiger partial charge in [-0.25, -0.2) is 22.9 Å². The van der Waals surface area contributed by atoms with Crippen LogP contribution in [0.15, 0.2) is 30.5 Å². The number of nitrogens with one attached hydrogen (secondary N) is 3. The largest absolute Gasteiger partial charge is 0.465 e. The first-order valence-electron chi connectivity index (χ1n) is 11.4. The maximum atomic E-state index is 15.0. The van der Waals surface area contributed by atoms with Crippen LogP contribution >= 0.6 is 0 Å². The normalized spacial score (nSPS) is 15.0. The van der Waals surface area contributed by atoms with Crippen LogP contribution in [0.4, 0.5) is 35.3 Å². The first kappa shape index (κ1) is 25.1. The molecule has 10 nitrogen and oxygen atoms in total. The van der Waals surface area contributed by atoms with Gasteiger partial charge in [-0.2, -0.15) is 5.10 Å². The molecule has 0 aliphatic heterocycles. The van der Waals surface area contributed by atoms with Crippen LogP contribution < -0.4 is 21.7 Å². The van der Waals surface area contributed by atoms with Gasteiger partial charge in [0.05, 0.1) is 35.0 Å². The van der Waals surface area contributed by atoms with E-state index >= 15 is 0 Å². The molecule has 0 unspecified atom stereocenters. The molecule has 0 bridgehead atoms. The van der Waals surface area contributed by atoms with Gasteiger partial charge in [0.2, 0.25) is 0 Å². The molecule has 1 fully saturated rings. The quantitative estimate of drug-likeness (QED) is 0.265. The Balaban J connectivity index is 1.69. The SMILES string of the molecule is CC[C@H](NC(=O)O)[C@H](Nc1nc(Nc2cccc3c2cnn3CC(F)F)c(C(N)=O)cc1F)C1CC1. The summed E-state index contributed by atoms with van der Waals surface area (Å²) in [5, 5.41) is 22.1. The van der Waals surface area contributed by atoms with Crippen LogP contribution in [0.25, 0.3) is 10.9 Å². The highest BCUT2D eigenvalue weighted by Crippen LogP contribution is 2.37. The van der Waals surface area contributed by atoms with Crippen LogP contribution in [-0.4, -0.2) is 50.4 Å². The number of aromatic nitrogens is 3. The van der Waals surface area contributed by atoms with E-state index in [1.54, 1.807) is 18.2 Å². The minimum Gasteiger partial charge on any atom is -0.465 e. The topological polar surface area (TPSA) is 147 Å². The lowest BCUT2D eigenvalue weighted by Gasteiger charge is -2.28. The highest BCUT2D eigenvalue weighted by atomic mass is 19.3. The zero-order valence-electron chi connectivity index (χ0n) is 19.3. The van der Waals surface area contributed by atoms with Crippen molar-refractivity contribution >= 4 is 40.2 Å². The van der Waals surface area contributed by atoms with E-state index in [1.165, 1.54) is 6.20 Å². The zero-order chi connectivity index (χ0) is 26.0. The third-order valence-electron chi connectivity index (χ3n) is 6.11.